The number of ether oxygens (including phenoxy) is 1. The molecule has 0 saturated heterocycles. The highest BCUT2D eigenvalue weighted by atomic mass is 32.2. The Bertz CT molecular complexity index is 457. The molecule has 0 aromatic carbocycles. The molecule has 17 heavy (non-hydrogen) atoms. The van der Waals surface area contributed by atoms with Gasteiger partial charge in [0.1, 0.15) is 12.2 Å². The molecule has 10 heteroatoms. The van der Waals surface area contributed by atoms with E-state index in [4.69, 9.17) is 0 Å². The Morgan fingerprint density at radius 1 is 1.65 bits per heavy atom. The standard InChI is InChI=1S/C7H13N5O4S/c1-3-16-7(13)11-17(14,15)12(2)4-6-8-5-9-10-6/h5H,3-4H2,1-2H3,(H,11,13)(H,8,9,10). The first-order valence-electron chi connectivity index (χ1n) is 4.70. The van der Waals surface area contributed by atoms with Gasteiger partial charge in [0.15, 0.2) is 0 Å². The van der Waals surface area contributed by atoms with Gasteiger partial charge >= 0.3 is 16.3 Å². The number of aromatic amines is 1. The second kappa shape index (κ2) is 5.59. The second-order valence-corrected chi connectivity index (χ2v) is 4.79. The number of nitrogens with zero attached hydrogens (tertiary/aromatic N) is 3. The number of H-pyrrole nitrogens is 1. The summed E-state index contributed by atoms with van der Waals surface area (Å²) in [6.07, 6.45) is 0.242. The van der Waals surface area contributed by atoms with Gasteiger partial charge in [-0.05, 0) is 6.92 Å². The molecular formula is C7H13N5O4S. The molecule has 1 aromatic heterocycles. The Labute approximate surface area is 98.4 Å². The molecule has 1 rings (SSSR count). The minimum Gasteiger partial charge on any atom is -0.449 e. The van der Waals surface area contributed by atoms with E-state index in [1.54, 1.807) is 11.6 Å². The van der Waals surface area contributed by atoms with Crippen molar-refractivity contribution >= 4 is 16.3 Å². The van der Waals surface area contributed by atoms with Crippen molar-refractivity contribution in [2.24, 2.45) is 0 Å². The van der Waals surface area contributed by atoms with Crippen LogP contribution in [0.3, 0.4) is 0 Å². The fourth-order valence-electron chi connectivity index (χ4n) is 0.947. The van der Waals surface area contributed by atoms with Crippen LogP contribution >= 0.6 is 0 Å². The molecule has 0 spiro atoms. The predicted octanol–water partition coefficient (Wildman–Crippen LogP) is -0.773. The van der Waals surface area contributed by atoms with Gasteiger partial charge in [0.05, 0.1) is 13.2 Å². The smallest absolute Gasteiger partial charge is 0.421 e. The third-order valence-corrected chi connectivity index (χ3v) is 3.11. The third-order valence-electron chi connectivity index (χ3n) is 1.74. The van der Waals surface area contributed by atoms with Crippen molar-refractivity contribution in [1.82, 2.24) is 24.2 Å². The number of carbonyl (C=O) groups is 1. The fraction of sp³-hybridized carbons (Fsp3) is 0.571. The van der Waals surface area contributed by atoms with E-state index in [1.165, 1.54) is 13.4 Å². The molecule has 0 saturated carbocycles. The lowest BCUT2D eigenvalue weighted by molar-refractivity contribution is 0.158. The number of carbonyl (C=O) groups excluding carboxylic acids is 1. The van der Waals surface area contributed by atoms with Crippen molar-refractivity contribution in [1.29, 1.82) is 0 Å². The zero-order valence-corrected chi connectivity index (χ0v) is 10.2. The molecule has 1 heterocycles. The zero-order valence-electron chi connectivity index (χ0n) is 9.37. The van der Waals surface area contributed by atoms with Gasteiger partial charge in [0.2, 0.25) is 0 Å². The summed E-state index contributed by atoms with van der Waals surface area (Å²) in [5, 5.41) is 6.09. The number of nitrogens with one attached hydrogen (secondary N) is 2. The van der Waals surface area contributed by atoms with E-state index in [0.717, 1.165) is 4.31 Å². The molecule has 0 aliphatic heterocycles. The summed E-state index contributed by atoms with van der Waals surface area (Å²) < 4.78 is 30.3. The topological polar surface area (TPSA) is 117 Å². The second-order valence-electron chi connectivity index (χ2n) is 3.02. The Morgan fingerprint density at radius 3 is 2.88 bits per heavy atom. The van der Waals surface area contributed by atoms with Crippen LogP contribution in [0.1, 0.15) is 12.7 Å². The summed E-state index contributed by atoms with van der Waals surface area (Å²) in [6.45, 7) is 1.63. The van der Waals surface area contributed by atoms with E-state index in [0.29, 0.717) is 5.82 Å². The van der Waals surface area contributed by atoms with Crippen LogP contribution in [-0.4, -0.2) is 47.7 Å². The maximum absolute atomic E-state index is 11.6. The van der Waals surface area contributed by atoms with E-state index >= 15 is 0 Å². The fourth-order valence-corrected chi connectivity index (χ4v) is 1.66. The normalized spacial score (nSPS) is 11.5. The highest BCUT2D eigenvalue weighted by molar-refractivity contribution is 7.87. The lowest BCUT2D eigenvalue weighted by Crippen LogP contribution is -2.41. The van der Waals surface area contributed by atoms with Crippen LogP contribution in [0.4, 0.5) is 4.79 Å². The molecule has 9 nitrogen and oxygen atoms in total. The van der Waals surface area contributed by atoms with Gasteiger partial charge in [0.25, 0.3) is 0 Å². The van der Waals surface area contributed by atoms with Crippen LogP contribution in [0.2, 0.25) is 0 Å². The summed E-state index contributed by atoms with van der Waals surface area (Å²) in [4.78, 5) is 14.8. The number of amides is 1. The zero-order chi connectivity index (χ0) is 12.9. The first kappa shape index (κ1) is 13.4. The summed E-state index contributed by atoms with van der Waals surface area (Å²) in [5.41, 5.74) is 0. The Kier molecular flexibility index (Phi) is 4.40. The minimum absolute atomic E-state index is 0.0330. The van der Waals surface area contributed by atoms with E-state index < -0.39 is 16.3 Å². The molecule has 0 radical (unpaired) electrons. The van der Waals surface area contributed by atoms with Crippen LogP contribution in [0.15, 0.2) is 6.33 Å². The summed E-state index contributed by atoms with van der Waals surface area (Å²) >= 11 is 0. The minimum atomic E-state index is -3.94. The van der Waals surface area contributed by atoms with Crippen molar-refractivity contribution in [3.05, 3.63) is 12.2 Å². The van der Waals surface area contributed by atoms with Crippen LogP contribution < -0.4 is 4.72 Å². The average molecular weight is 263 g/mol. The lowest BCUT2D eigenvalue weighted by atomic mass is 10.6. The number of aromatic nitrogens is 3. The predicted molar refractivity (Wildman–Crippen MR) is 56.9 cm³/mol. The van der Waals surface area contributed by atoms with E-state index in [1.807, 2.05) is 0 Å². The molecular weight excluding hydrogens is 250 g/mol. The summed E-state index contributed by atoms with van der Waals surface area (Å²) in [6, 6.07) is 0. The van der Waals surface area contributed by atoms with Crippen LogP contribution in [0, 0.1) is 0 Å². The van der Waals surface area contributed by atoms with Crippen LogP contribution in [-0.2, 0) is 21.5 Å². The van der Waals surface area contributed by atoms with E-state index in [2.05, 4.69) is 19.9 Å². The van der Waals surface area contributed by atoms with Gasteiger partial charge in [-0.1, -0.05) is 0 Å². The molecule has 0 aliphatic carbocycles. The van der Waals surface area contributed by atoms with Gasteiger partial charge in [0, 0.05) is 7.05 Å². The SMILES string of the molecule is CCOC(=O)NS(=O)(=O)N(C)Cc1ncn[nH]1. The van der Waals surface area contributed by atoms with Crippen molar-refractivity contribution in [2.75, 3.05) is 13.7 Å². The van der Waals surface area contributed by atoms with Crippen LogP contribution in [0.25, 0.3) is 0 Å². The molecule has 0 unspecified atom stereocenters. The van der Waals surface area contributed by atoms with Crippen molar-refractivity contribution in [3.63, 3.8) is 0 Å². The van der Waals surface area contributed by atoms with Gasteiger partial charge in [-0.15, -0.1) is 0 Å². The molecule has 1 aromatic rings. The summed E-state index contributed by atoms with van der Waals surface area (Å²) in [7, 11) is -2.64. The Hall–Kier alpha value is -1.68. The van der Waals surface area contributed by atoms with Crippen LogP contribution in [0.5, 0.6) is 0 Å². The highest BCUT2D eigenvalue weighted by Gasteiger charge is 2.22. The third kappa shape index (κ3) is 4.00. The number of hydrogen-bond donors (Lipinski definition) is 2. The van der Waals surface area contributed by atoms with Crippen molar-refractivity contribution < 1.29 is 17.9 Å². The first-order valence-corrected chi connectivity index (χ1v) is 6.14. The highest BCUT2D eigenvalue weighted by Crippen LogP contribution is 2.00. The number of rotatable bonds is 5. The monoisotopic (exact) mass is 263 g/mol. The van der Waals surface area contributed by atoms with Crippen molar-refractivity contribution in [2.45, 2.75) is 13.5 Å². The van der Waals surface area contributed by atoms with E-state index in [9.17, 15) is 13.2 Å². The molecule has 2 N–H and O–H groups in total. The number of hydrogen-bond acceptors (Lipinski definition) is 6. The summed E-state index contributed by atoms with van der Waals surface area (Å²) in [5.74, 6) is 0.363. The quantitative estimate of drug-likeness (QED) is 0.720. The molecule has 0 aliphatic rings. The molecule has 96 valence electrons. The first-order chi connectivity index (χ1) is 7.95. The maximum atomic E-state index is 11.6. The van der Waals surface area contributed by atoms with Gasteiger partial charge in [-0.25, -0.2) is 14.5 Å². The average Bonchev–Trinajstić information content (AvgIpc) is 2.69. The molecule has 0 bridgehead atoms. The van der Waals surface area contributed by atoms with Gasteiger partial charge in [-0.2, -0.15) is 17.8 Å². The largest absolute Gasteiger partial charge is 0.449 e. The molecule has 0 fully saturated rings. The molecule has 0 atom stereocenters. The Balaban J connectivity index is 2.60. The van der Waals surface area contributed by atoms with Gasteiger partial charge < -0.3 is 4.74 Å². The van der Waals surface area contributed by atoms with E-state index in [-0.39, 0.29) is 13.2 Å². The maximum Gasteiger partial charge on any atom is 0.421 e. The van der Waals surface area contributed by atoms with Crippen molar-refractivity contribution in [3.8, 4) is 0 Å². The Morgan fingerprint density at radius 2 is 2.35 bits per heavy atom. The van der Waals surface area contributed by atoms with Gasteiger partial charge in [-0.3, -0.25) is 5.10 Å². The molecule has 1 amide bonds. The lowest BCUT2D eigenvalue weighted by Gasteiger charge is -2.15.